The second-order valence-corrected chi connectivity index (χ2v) is 8.71. The molecule has 1 saturated heterocycles. The first-order valence-corrected chi connectivity index (χ1v) is 11.7. The number of aryl methyl sites for hydroxylation is 1. The number of benzene rings is 2. The highest BCUT2D eigenvalue weighted by Crippen LogP contribution is 2.41. The molecule has 7 heteroatoms. The Balaban J connectivity index is 1.39. The first-order chi connectivity index (χ1) is 16.0. The SMILES string of the molecule is CCC1c2ccc(NC(=O)c3ccc(C=NN4CCOCC4)cc3)cc2CCC1CC(=O)O. The van der Waals surface area contributed by atoms with Gasteiger partial charge >= 0.3 is 5.97 Å². The molecule has 0 saturated carbocycles. The lowest BCUT2D eigenvalue weighted by atomic mass is 9.72. The number of fused-ring (bicyclic) bond motifs is 1. The van der Waals surface area contributed by atoms with Crippen LogP contribution in [-0.2, 0) is 16.0 Å². The van der Waals surface area contributed by atoms with E-state index in [1.165, 1.54) is 11.1 Å². The zero-order chi connectivity index (χ0) is 23.2. The smallest absolute Gasteiger partial charge is 0.303 e. The molecule has 2 unspecified atom stereocenters. The van der Waals surface area contributed by atoms with E-state index >= 15 is 0 Å². The van der Waals surface area contributed by atoms with Gasteiger partial charge in [0.25, 0.3) is 5.91 Å². The summed E-state index contributed by atoms with van der Waals surface area (Å²) in [7, 11) is 0. The molecule has 0 bridgehead atoms. The fourth-order valence-electron chi connectivity index (χ4n) is 4.82. The van der Waals surface area contributed by atoms with Crippen LogP contribution in [0.25, 0.3) is 0 Å². The summed E-state index contributed by atoms with van der Waals surface area (Å²) in [5.74, 6) is -0.464. The minimum absolute atomic E-state index is 0.154. The van der Waals surface area contributed by atoms with Crippen molar-refractivity contribution in [2.24, 2.45) is 11.0 Å². The zero-order valence-corrected chi connectivity index (χ0v) is 19.0. The summed E-state index contributed by atoms with van der Waals surface area (Å²) in [5.41, 5.74) is 4.72. The molecule has 1 heterocycles. The van der Waals surface area contributed by atoms with Crippen molar-refractivity contribution < 1.29 is 19.4 Å². The van der Waals surface area contributed by atoms with Crippen molar-refractivity contribution in [2.75, 3.05) is 31.6 Å². The van der Waals surface area contributed by atoms with Crippen LogP contribution in [-0.4, -0.2) is 54.5 Å². The Hall–Kier alpha value is -3.19. The third-order valence-electron chi connectivity index (χ3n) is 6.56. The van der Waals surface area contributed by atoms with Crippen molar-refractivity contribution in [3.05, 3.63) is 64.7 Å². The number of morpholine rings is 1. The average Bonchev–Trinajstić information content (AvgIpc) is 2.83. The first kappa shape index (κ1) is 23.0. The average molecular weight is 450 g/mol. The van der Waals surface area contributed by atoms with Gasteiger partial charge in [-0.1, -0.05) is 25.1 Å². The number of carboxylic acid groups (broad SMARTS) is 1. The molecule has 4 rings (SSSR count). The van der Waals surface area contributed by atoms with E-state index in [0.717, 1.165) is 43.6 Å². The molecule has 33 heavy (non-hydrogen) atoms. The van der Waals surface area contributed by atoms with Crippen LogP contribution in [0, 0.1) is 5.92 Å². The number of ether oxygens (including phenoxy) is 1. The lowest BCUT2D eigenvalue weighted by Gasteiger charge is -2.32. The lowest BCUT2D eigenvalue weighted by Crippen LogP contribution is -2.32. The number of amides is 1. The number of nitrogens with one attached hydrogen (secondary N) is 1. The van der Waals surface area contributed by atoms with Crippen LogP contribution in [0.1, 0.15) is 59.2 Å². The highest BCUT2D eigenvalue weighted by atomic mass is 16.5. The number of anilines is 1. The standard InChI is InChI=1S/C26H31N3O4/c1-2-23-21(16-25(30)31)8-7-20-15-22(9-10-24(20)23)28-26(32)19-5-3-18(4-6-19)17-27-29-11-13-33-14-12-29/h3-6,9-10,15,17,21,23H,2,7-8,11-14,16H2,1H3,(H,28,32)(H,30,31). The van der Waals surface area contributed by atoms with E-state index in [0.29, 0.717) is 18.8 Å². The number of hydrazone groups is 1. The number of carbonyl (C=O) groups is 2. The summed E-state index contributed by atoms with van der Waals surface area (Å²) in [6.45, 7) is 5.08. The molecule has 7 nitrogen and oxygen atoms in total. The summed E-state index contributed by atoms with van der Waals surface area (Å²) in [6, 6.07) is 13.4. The zero-order valence-electron chi connectivity index (χ0n) is 19.0. The fourth-order valence-corrected chi connectivity index (χ4v) is 4.82. The highest BCUT2D eigenvalue weighted by molar-refractivity contribution is 6.04. The van der Waals surface area contributed by atoms with Crippen LogP contribution in [0.3, 0.4) is 0 Å². The Morgan fingerprint density at radius 1 is 1.18 bits per heavy atom. The Morgan fingerprint density at radius 2 is 1.94 bits per heavy atom. The van der Waals surface area contributed by atoms with Gasteiger partial charge in [0.1, 0.15) is 0 Å². The molecule has 2 aliphatic rings. The third kappa shape index (κ3) is 5.79. The van der Waals surface area contributed by atoms with E-state index in [-0.39, 0.29) is 24.2 Å². The summed E-state index contributed by atoms with van der Waals surface area (Å²) >= 11 is 0. The summed E-state index contributed by atoms with van der Waals surface area (Å²) in [4.78, 5) is 24.0. The third-order valence-corrected chi connectivity index (χ3v) is 6.56. The van der Waals surface area contributed by atoms with Gasteiger partial charge in [0.05, 0.1) is 32.5 Å². The Morgan fingerprint density at radius 3 is 2.64 bits per heavy atom. The first-order valence-electron chi connectivity index (χ1n) is 11.7. The predicted molar refractivity (Wildman–Crippen MR) is 128 cm³/mol. The number of hydrogen-bond acceptors (Lipinski definition) is 5. The van der Waals surface area contributed by atoms with E-state index in [9.17, 15) is 14.7 Å². The van der Waals surface area contributed by atoms with Crippen LogP contribution < -0.4 is 5.32 Å². The van der Waals surface area contributed by atoms with Crippen molar-refractivity contribution in [1.29, 1.82) is 0 Å². The molecular weight excluding hydrogens is 418 g/mol. The monoisotopic (exact) mass is 449 g/mol. The molecule has 0 spiro atoms. The van der Waals surface area contributed by atoms with Crippen molar-refractivity contribution in [3.63, 3.8) is 0 Å². The molecule has 2 aromatic rings. The second kappa shape index (κ2) is 10.6. The fraction of sp³-hybridized carbons (Fsp3) is 0.423. The van der Waals surface area contributed by atoms with Gasteiger partial charge in [-0.3, -0.25) is 14.6 Å². The Bertz CT molecular complexity index is 1010. The van der Waals surface area contributed by atoms with Gasteiger partial charge in [-0.15, -0.1) is 0 Å². The van der Waals surface area contributed by atoms with E-state index in [4.69, 9.17) is 4.74 Å². The van der Waals surface area contributed by atoms with Crippen molar-refractivity contribution >= 4 is 23.8 Å². The van der Waals surface area contributed by atoms with Crippen LogP contribution in [0.5, 0.6) is 0 Å². The Labute approximate surface area is 194 Å². The predicted octanol–water partition coefficient (Wildman–Crippen LogP) is 4.14. The number of rotatable bonds is 7. The number of carbonyl (C=O) groups excluding carboxylic acids is 1. The Kier molecular flexibility index (Phi) is 7.40. The normalized spacial score (nSPS) is 20.5. The number of nitrogens with zero attached hydrogens (tertiary/aromatic N) is 2. The van der Waals surface area contributed by atoms with Crippen molar-refractivity contribution in [1.82, 2.24) is 5.01 Å². The maximum atomic E-state index is 12.8. The minimum atomic E-state index is -0.732. The molecule has 1 amide bonds. The van der Waals surface area contributed by atoms with Gasteiger partial charge < -0.3 is 15.2 Å². The van der Waals surface area contributed by atoms with E-state index < -0.39 is 5.97 Å². The largest absolute Gasteiger partial charge is 0.481 e. The quantitative estimate of drug-likeness (QED) is 0.620. The molecule has 174 valence electrons. The highest BCUT2D eigenvalue weighted by Gasteiger charge is 2.30. The lowest BCUT2D eigenvalue weighted by molar-refractivity contribution is -0.138. The maximum Gasteiger partial charge on any atom is 0.303 e. The van der Waals surface area contributed by atoms with Gasteiger partial charge in [0.2, 0.25) is 0 Å². The molecular formula is C26H31N3O4. The molecule has 1 fully saturated rings. The number of carboxylic acids is 1. The molecule has 1 aliphatic carbocycles. The molecule has 1 aliphatic heterocycles. The summed E-state index contributed by atoms with van der Waals surface area (Å²) in [5, 5.41) is 18.7. The van der Waals surface area contributed by atoms with E-state index in [2.05, 4.69) is 23.4 Å². The van der Waals surface area contributed by atoms with Gasteiger partial charge in [-0.05, 0) is 72.1 Å². The molecule has 2 N–H and O–H groups in total. The summed E-state index contributed by atoms with van der Waals surface area (Å²) < 4.78 is 5.32. The topological polar surface area (TPSA) is 91.2 Å². The molecule has 0 aromatic heterocycles. The second-order valence-electron chi connectivity index (χ2n) is 8.71. The van der Waals surface area contributed by atoms with Gasteiger partial charge in [0, 0.05) is 17.7 Å². The van der Waals surface area contributed by atoms with Gasteiger partial charge in [-0.25, -0.2) is 0 Å². The molecule has 0 radical (unpaired) electrons. The molecule has 2 atom stereocenters. The van der Waals surface area contributed by atoms with Gasteiger partial charge in [-0.2, -0.15) is 5.10 Å². The van der Waals surface area contributed by atoms with Crippen molar-refractivity contribution in [3.8, 4) is 0 Å². The van der Waals surface area contributed by atoms with E-state index in [1.807, 2.05) is 29.3 Å². The van der Waals surface area contributed by atoms with Crippen LogP contribution >= 0.6 is 0 Å². The van der Waals surface area contributed by atoms with E-state index in [1.54, 1.807) is 18.3 Å². The van der Waals surface area contributed by atoms with Crippen LogP contribution in [0.2, 0.25) is 0 Å². The van der Waals surface area contributed by atoms with Gasteiger partial charge in [0.15, 0.2) is 0 Å². The number of aliphatic carboxylic acids is 1. The number of hydrogen-bond donors (Lipinski definition) is 2. The maximum absolute atomic E-state index is 12.8. The molecule has 2 aromatic carbocycles. The summed E-state index contributed by atoms with van der Waals surface area (Å²) in [6.07, 6.45) is 4.63. The van der Waals surface area contributed by atoms with Crippen LogP contribution in [0.15, 0.2) is 47.6 Å². The van der Waals surface area contributed by atoms with Crippen molar-refractivity contribution in [2.45, 2.75) is 38.5 Å². The van der Waals surface area contributed by atoms with Crippen LogP contribution in [0.4, 0.5) is 5.69 Å². The minimum Gasteiger partial charge on any atom is -0.481 e.